The summed E-state index contributed by atoms with van der Waals surface area (Å²) in [5, 5.41) is 13.8. The van der Waals surface area contributed by atoms with Crippen LogP contribution in [-0.4, -0.2) is 10.8 Å². The Balaban J connectivity index is 1.59. The molecule has 2 N–H and O–H groups in total. The van der Waals surface area contributed by atoms with Gasteiger partial charge in [0.2, 0.25) is 0 Å². The van der Waals surface area contributed by atoms with Gasteiger partial charge in [0.15, 0.2) is 0 Å². The van der Waals surface area contributed by atoms with Crippen molar-refractivity contribution in [2.45, 2.75) is 37.3 Å². The van der Waals surface area contributed by atoms with Crippen molar-refractivity contribution < 1.29 is 5.11 Å². The van der Waals surface area contributed by atoms with Crippen molar-refractivity contribution in [1.82, 2.24) is 0 Å². The Morgan fingerprint density at radius 2 is 1.63 bits per heavy atom. The summed E-state index contributed by atoms with van der Waals surface area (Å²) in [6.07, 6.45) is 7.30. The number of phenolic OH excluding ortho intramolecular Hbond substituents is 1. The summed E-state index contributed by atoms with van der Waals surface area (Å²) in [6, 6.07) is 27.4. The van der Waals surface area contributed by atoms with Gasteiger partial charge in [0.05, 0.1) is 11.4 Å². The summed E-state index contributed by atoms with van der Waals surface area (Å²) in [5.74, 6) is 1.10. The predicted molar refractivity (Wildman–Crippen MR) is 122 cm³/mol. The number of rotatable bonds is 2. The lowest BCUT2D eigenvalue weighted by atomic mass is 9.66. The van der Waals surface area contributed by atoms with Crippen molar-refractivity contribution in [3.8, 4) is 5.75 Å². The number of aromatic hydroxyl groups is 1. The van der Waals surface area contributed by atoms with Gasteiger partial charge in [0.25, 0.3) is 0 Å². The SMILES string of the molecule is Oc1ccc([C@@H]2C=C(c3ccccc3)N3c4ccccc4N[C@]34CCCC[C@H]24)cc1. The van der Waals surface area contributed by atoms with Crippen LogP contribution in [0.2, 0.25) is 0 Å². The van der Waals surface area contributed by atoms with E-state index in [9.17, 15) is 5.11 Å². The third-order valence-corrected chi connectivity index (χ3v) is 7.19. The Morgan fingerprint density at radius 3 is 2.47 bits per heavy atom. The third kappa shape index (κ3) is 2.51. The quantitative estimate of drug-likeness (QED) is 0.532. The van der Waals surface area contributed by atoms with E-state index in [4.69, 9.17) is 0 Å². The highest BCUT2D eigenvalue weighted by Crippen LogP contribution is 2.58. The number of hydrogen-bond acceptors (Lipinski definition) is 3. The average molecular weight is 395 g/mol. The molecule has 1 fully saturated rings. The van der Waals surface area contributed by atoms with Crippen molar-refractivity contribution in [2.24, 2.45) is 5.92 Å². The highest BCUT2D eigenvalue weighted by molar-refractivity contribution is 5.93. The van der Waals surface area contributed by atoms with Crippen molar-refractivity contribution in [3.05, 3.63) is 96.1 Å². The molecule has 3 heteroatoms. The summed E-state index contributed by atoms with van der Waals surface area (Å²) >= 11 is 0. The summed E-state index contributed by atoms with van der Waals surface area (Å²) in [7, 11) is 0. The molecule has 3 nitrogen and oxygen atoms in total. The number of fused-ring (bicyclic) bond motifs is 2. The van der Waals surface area contributed by atoms with Crippen molar-refractivity contribution in [3.63, 3.8) is 0 Å². The molecule has 0 amide bonds. The summed E-state index contributed by atoms with van der Waals surface area (Å²) in [4.78, 5) is 2.60. The summed E-state index contributed by atoms with van der Waals surface area (Å²) in [6.45, 7) is 0. The molecule has 2 heterocycles. The zero-order chi connectivity index (χ0) is 20.1. The van der Waals surface area contributed by atoms with Crippen LogP contribution >= 0.6 is 0 Å². The second kappa shape index (κ2) is 6.66. The molecule has 3 atom stereocenters. The van der Waals surface area contributed by atoms with Crippen LogP contribution in [0.4, 0.5) is 11.4 Å². The lowest BCUT2D eigenvalue weighted by Crippen LogP contribution is -2.60. The van der Waals surface area contributed by atoms with Gasteiger partial charge in [-0.15, -0.1) is 0 Å². The van der Waals surface area contributed by atoms with Gasteiger partial charge < -0.3 is 15.3 Å². The Hall–Kier alpha value is -3.20. The molecule has 0 unspecified atom stereocenters. The highest BCUT2D eigenvalue weighted by Gasteiger charge is 2.56. The normalized spacial score (nSPS) is 26.8. The number of nitrogens with one attached hydrogen (secondary N) is 1. The van der Waals surface area contributed by atoms with Crippen molar-refractivity contribution in [2.75, 3.05) is 10.2 Å². The smallest absolute Gasteiger partial charge is 0.119 e. The molecule has 30 heavy (non-hydrogen) atoms. The van der Waals surface area contributed by atoms with E-state index >= 15 is 0 Å². The molecule has 6 rings (SSSR count). The predicted octanol–water partition coefficient (Wildman–Crippen LogP) is 6.35. The van der Waals surface area contributed by atoms with Gasteiger partial charge in [-0.25, -0.2) is 0 Å². The van der Waals surface area contributed by atoms with Crippen LogP contribution in [0.5, 0.6) is 5.75 Å². The first-order valence-electron chi connectivity index (χ1n) is 11.0. The molecule has 0 bridgehead atoms. The van der Waals surface area contributed by atoms with Crippen LogP contribution in [0.1, 0.15) is 42.7 Å². The first-order chi connectivity index (χ1) is 14.8. The summed E-state index contributed by atoms with van der Waals surface area (Å²) in [5.41, 5.74) is 6.23. The number of anilines is 2. The molecule has 1 aliphatic carbocycles. The second-order valence-electron chi connectivity index (χ2n) is 8.79. The molecule has 3 aromatic carbocycles. The van der Waals surface area contributed by atoms with Crippen LogP contribution in [0.15, 0.2) is 84.9 Å². The molecule has 150 valence electrons. The topological polar surface area (TPSA) is 35.5 Å². The fourth-order valence-corrected chi connectivity index (χ4v) is 5.94. The molecule has 2 aliphatic heterocycles. The minimum absolute atomic E-state index is 0.107. The maximum atomic E-state index is 9.85. The van der Waals surface area contributed by atoms with E-state index in [2.05, 4.69) is 83.0 Å². The fraction of sp³-hybridized carbons (Fsp3) is 0.259. The van der Waals surface area contributed by atoms with Crippen LogP contribution in [0.25, 0.3) is 5.70 Å². The second-order valence-corrected chi connectivity index (χ2v) is 8.79. The zero-order valence-electron chi connectivity index (χ0n) is 17.0. The summed E-state index contributed by atoms with van der Waals surface area (Å²) < 4.78 is 0. The first kappa shape index (κ1) is 17.6. The van der Waals surface area contributed by atoms with Gasteiger partial charge in [-0.1, -0.05) is 67.1 Å². The van der Waals surface area contributed by atoms with Gasteiger partial charge in [-0.05, 0) is 54.7 Å². The average Bonchev–Trinajstić information content (AvgIpc) is 3.13. The Bertz CT molecular complexity index is 1110. The van der Waals surface area contributed by atoms with Gasteiger partial charge in [-0.2, -0.15) is 0 Å². The van der Waals surface area contributed by atoms with E-state index in [-0.39, 0.29) is 5.66 Å². The molecule has 0 radical (unpaired) electrons. The fourth-order valence-electron chi connectivity index (χ4n) is 5.94. The number of para-hydroxylation sites is 2. The number of benzene rings is 3. The van der Waals surface area contributed by atoms with E-state index in [0.717, 1.165) is 6.42 Å². The molecule has 1 spiro atoms. The van der Waals surface area contributed by atoms with E-state index in [0.29, 0.717) is 17.6 Å². The number of allylic oxidation sites excluding steroid dienone is 1. The molecule has 0 aromatic heterocycles. The number of phenols is 1. The minimum atomic E-state index is -0.107. The zero-order valence-corrected chi connectivity index (χ0v) is 17.0. The van der Waals surface area contributed by atoms with E-state index < -0.39 is 0 Å². The molecule has 3 aromatic rings. The van der Waals surface area contributed by atoms with E-state index in [1.54, 1.807) is 0 Å². The maximum Gasteiger partial charge on any atom is 0.119 e. The van der Waals surface area contributed by atoms with Gasteiger partial charge in [0.1, 0.15) is 11.4 Å². The minimum Gasteiger partial charge on any atom is -0.508 e. The molecule has 3 aliphatic rings. The third-order valence-electron chi connectivity index (χ3n) is 7.19. The maximum absolute atomic E-state index is 9.85. The lowest BCUT2D eigenvalue weighted by Gasteiger charge is -2.54. The van der Waals surface area contributed by atoms with Crippen LogP contribution in [-0.2, 0) is 0 Å². The Morgan fingerprint density at radius 1 is 0.867 bits per heavy atom. The van der Waals surface area contributed by atoms with Crippen molar-refractivity contribution in [1.29, 1.82) is 0 Å². The number of nitrogens with zero attached hydrogens (tertiary/aromatic N) is 1. The monoisotopic (exact) mass is 394 g/mol. The molecular formula is C27H26N2O. The Kier molecular flexibility index (Phi) is 3.92. The van der Waals surface area contributed by atoms with Gasteiger partial charge >= 0.3 is 0 Å². The van der Waals surface area contributed by atoms with E-state index in [1.165, 1.54) is 47.5 Å². The van der Waals surface area contributed by atoms with Crippen LogP contribution in [0.3, 0.4) is 0 Å². The molecule has 0 saturated heterocycles. The first-order valence-corrected chi connectivity index (χ1v) is 11.0. The molecular weight excluding hydrogens is 368 g/mol. The van der Waals surface area contributed by atoms with Crippen LogP contribution in [0, 0.1) is 5.92 Å². The lowest BCUT2D eigenvalue weighted by molar-refractivity contribution is 0.198. The van der Waals surface area contributed by atoms with Crippen LogP contribution < -0.4 is 10.2 Å². The van der Waals surface area contributed by atoms with Gasteiger partial charge in [0, 0.05) is 17.5 Å². The molecule has 1 saturated carbocycles. The van der Waals surface area contributed by atoms with Gasteiger partial charge in [-0.3, -0.25) is 0 Å². The Labute approximate surface area is 177 Å². The highest BCUT2D eigenvalue weighted by atomic mass is 16.3. The standard InChI is InChI=1S/C27H26N2O/c30-21-15-13-19(14-16-21)22-18-26(20-8-2-1-3-9-20)29-25-12-5-4-11-24(25)28-27(29)17-7-6-10-23(22)27/h1-5,8-9,11-16,18,22-23,28,30H,6-7,10,17H2/t22-,23+,27+/m0/s1. The van der Waals surface area contributed by atoms with E-state index in [1.807, 2.05) is 12.1 Å². The largest absolute Gasteiger partial charge is 0.508 e. The van der Waals surface area contributed by atoms with Crippen molar-refractivity contribution >= 4 is 17.1 Å². The number of hydrogen-bond donors (Lipinski definition) is 2.